The Hall–Kier alpha value is -3.63. The van der Waals surface area contributed by atoms with E-state index < -0.39 is 39.1 Å². The van der Waals surface area contributed by atoms with Gasteiger partial charge in [-0.2, -0.15) is 0 Å². The Kier molecular flexibility index (Phi) is 6.70. The number of anilines is 1. The highest BCUT2D eigenvalue weighted by atomic mass is 32.2. The number of hydrogen-bond acceptors (Lipinski definition) is 6. The molecule has 2 N–H and O–H groups in total. The van der Waals surface area contributed by atoms with E-state index in [4.69, 9.17) is 9.47 Å². The molecule has 210 valence electrons. The summed E-state index contributed by atoms with van der Waals surface area (Å²) < 4.78 is 72.0. The van der Waals surface area contributed by atoms with Gasteiger partial charge >= 0.3 is 0 Å². The number of ether oxygens (including phenoxy) is 2. The summed E-state index contributed by atoms with van der Waals surface area (Å²) in [6, 6.07) is 14.1. The minimum absolute atomic E-state index is 0.0302. The number of rotatable bonds is 8. The fourth-order valence-corrected chi connectivity index (χ4v) is 8.03. The highest BCUT2D eigenvalue weighted by Gasteiger charge is 2.55. The van der Waals surface area contributed by atoms with Gasteiger partial charge in [0.2, 0.25) is 10.0 Å². The Balaban J connectivity index is 1.46. The van der Waals surface area contributed by atoms with Crippen molar-refractivity contribution in [2.75, 3.05) is 18.0 Å². The second-order valence-corrected chi connectivity index (χ2v) is 12.6. The molecule has 1 aliphatic carbocycles. The molecule has 0 aromatic heterocycles. The van der Waals surface area contributed by atoms with Crippen LogP contribution >= 0.6 is 0 Å². The van der Waals surface area contributed by atoms with Gasteiger partial charge < -0.3 is 19.7 Å². The van der Waals surface area contributed by atoms with Crippen molar-refractivity contribution >= 4 is 26.9 Å². The van der Waals surface area contributed by atoms with E-state index >= 15 is 8.78 Å². The quantitative estimate of drug-likeness (QED) is 0.374. The summed E-state index contributed by atoms with van der Waals surface area (Å²) in [7, 11) is -2.50. The van der Waals surface area contributed by atoms with Gasteiger partial charge in [-0.3, -0.25) is 4.31 Å². The van der Waals surface area contributed by atoms with Gasteiger partial charge in [-0.1, -0.05) is 6.42 Å². The van der Waals surface area contributed by atoms with E-state index in [1.165, 1.54) is 35.7 Å². The van der Waals surface area contributed by atoms with E-state index in [1.54, 1.807) is 24.3 Å². The van der Waals surface area contributed by atoms with Crippen molar-refractivity contribution in [1.29, 1.82) is 0 Å². The zero-order valence-electron chi connectivity index (χ0n) is 21.8. The SMILES string of the molecule is COc1ccc(N(CC2CCC2)S(=O)(=O)C2CC3OC2C(c2ccc(O)cc2F)=C3c2ccc(O)cc2F)cc1. The molecule has 1 saturated heterocycles. The van der Waals surface area contributed by atoms with E-state index in [9.17, 15) is 18.6 Å². The van der Waals surface area contributed by atoms with Crippen LogP contribution < -0.4 is 9.04 Å². The molecule has 0 radical (unpaired) electrons. The van der Waals surface area contributed by atoms with Crippen LogP contribution in [0.25, 0.3) is 11.1 Å². The molecule has 3 unspecified atom stereocenters. The van der Waals surface area contributed by atoms with E-state index in [2.05, 4.69) is 0 Å². The third kappa shape index (κ3) is 4.49. The molecule has 1 saturated carbocycles. The zero-order valence-corrected chi connectivity index (χ0v) is 22.6. The Morgan fingerprint density at radius 2 is 1.52 bits per heavy atom. The van der Waals surface area contributed by atoms with Gasteiger partial charge in [0, 0.05) is 29.8 Å². The number of benzene rings is 3. The van der Waals surface area contributed by atoms with Crippen LogP contribution in [0.4, 0.5) is 14.5 Å². The first-order valence-corrected chi connectivity index (χ1v) is 14.7. The molecule has 7 nitrogen and oxygen atoms in total. The van der Waals surface area contributed by atoms with Crippen molar-refractivity contribution in [2.45, 2.75) is 43.1 Å². The molecule has 3 atom stereocenters. The first-order valence-electron chi connectivity index (χ1n) is 13.2. The summed E-state index contributed by atoms with van der Waals surface area (Å²) >= 11 is 0. The highest BCUT2D eigenvalue weighted by molar-refractivity contribution is 7.93. The number of hydrogen-bond donors (Lipinski definition) is 2. The Morgan fingerprint density at radius 1 is 0.925 bits per heavy atom. The lowest BCUT2D eigenvalue weighted by atomic mass is 9.83. The van der Waals surface area contributed by atoms with E-state index in [1.807, 2.05) is 0 Å². The van der Waals surface area contributed by atoms with Crippen LogP contribution in [-0.2, 0) is 14.8 Å². The minimum Gasteiger partial charge on any atom is -0.508 e. The predicted octanol–water partition coefficient (Wildman–Crippen LogP) is 5.47. The van der Waals surface area contributed by atoms with Crippen LogP contribution in [-0.4, -0.2) is 49.7 Å². The number of sulfonamides is 1. The topological polar surface area (TPSA) is 96.3 Å². The van der Waals surface area contributed by atoms with Gasteiger partial charge in [0.25, 0.3) is 0 Å². The average molecular weight is 570 g/mol. The predicted molar refractivity (Wildman–Crippen MR) is 147 cm³/mol. The van der Waals surface area contributed by atoms with Crippen LogP contribution in [0.1, 0.15) is 36.8 Å². The first-order chi connectivity index (χ1) is 19.2. The summed E-state index contributed by atoms with van der Waals surface area (Å²) in [6.45, 7) is 0.314. The molecule has 6 rings (SSSR count). The largest absolute Gasteiger partial charge is 0.508 e. The van der Waals surface area contributed by atoms with Gasteiger partial charge in [-0.15, -0.1) is 0 Å². The Bertz CT molecular complexity index is 1590. The first kappa shape index (κ1) is 26.6. The molecule has 40 heavy (non-hydrogen) atoms. The summed E-state index contributed by atoms with van der Waals surface area (Å²) in [5.74, 6) is -1.25. The van der Waals surface area contributed by atoms with E-state index in [0.717, 1.165) is 31.4 Å². The molecule has 10 heteroatoms. The van der Waals surface area contributed by atoms with E-state index in [-0.39, 0.29) is 40.5 Å². The summed E-state index contributed by atoms with van der Waals surface area (Å²) in [4.78, 5) is 0. The third-order valence-corrected chi connectivity index (χ3v) is 10.4. The number of phenols is 2. The fourth-order valence-electron chi connectivity index (χ4n) is 5.94. The van der Waals surface area contributed by atoms with Crippen LogP contribution in [0.2, 0.25) is 0 Å². The molecular formula is C30H29F2NO6S. The lowest BCUT2D eigenvalue weighted by Crippen LogP contribution is -2.46. The molecular weight excluding hydrogens is 540 g/mol. The van der Waals surface area contributed by atoms with Crippen molar-refractivity contribution in [3.05, 3.63) is 83.4 Å². The molecule has 3 aromatic carbocycles. The molecule has 2 fully saturated rings. The van der Waals surface area contributed by atoms with Gasteiger partial charge in [-0.25, -0.2) is 17.2 Å². The van der Waals surface area contributed by atoms with Gasteiger partial charge in [0.15, 0.2) is 0 Å². The molecule has 0 amide bonds. The maximum absolute atomic E-state index is 15.3. The van der Waals surface area contributed by atoms with Gasteiger partial charge in [-0.05, 0) is 84.9 Å². The van der Waals surface area contributed by atoms with Gasteiger partial charge in [0.1, 0.15) is 40.2 Å². The minimum atomic E-state index is -4.03. The number of fused-ring (bicyclic) bond motifs is 2. The smallest absolute Gasteiger partial charge is 0.241 e. The molecule has 0 spiro atoms. The monoisotopic (exact) mass is 569 g/mol. The van der Waals surface area contributed by atoms with E-state index in [0.29, 0.717) is 23.6 Å². The highest BCUT2D eigenvalue weighted by Crippen LogP contribution is 2.52. The Labute approximate surface area is 231 Å². The van der Waals surface area contributed by atoms with Crippen molar-refractivity contribution in [3.8, 4) is 17.2 Å². The fraction of sp³-hybridized carbons (Fsp3) is 0.333. The number of phenolic OH excluding ortho intramolecular Hbond substituents is 2. The summed E-state index contributed by atoms with van der Waals surface area (Å²) in [5.41, 5.74) is 1.20. The van der Waals surface area contributed by atoms with Crippen LogP contribution in [0.3, 0.4) is 0 Å². The average Bonchev–Trinajstić information content (AvgIpc) is 3.48. The number of aromatic hydroxyl groups is 2. The zero-order chi connectivity index (χ0) is 28.2. The summed E-state index contributed by atoms with van der Waals surface area (Å²) in [5, 5.41) is 18.5. The van der Waals surface area contributed by atoms with Crippen molar-refractivity contribution in [2.24, 2.45) is 5.92 Å². The van der Waals surface area contributed by atoms with Crippen molar-refractivity contribution in [1.82, 2.24) is 0 Å². The molecule has 2 bridgehead atoms. The molecule has 3 aliphatic rings. The van der Waals surface area contributed by atoms with Crippen LogP contribution in [0.5, 0.6) is 17.2 Å². The van der Waals surface area contributed by atoms with Gasteiger partial charge in [0.05, 0.1) is 18.9 Å². The molecule has 2 heterocycles. The summed E-state index contributed by atoms with van der Waals surface area (Å²) in [6.07, 6.45) is 1.09. The van der Waals surface area contributed by atoms with Crippen molar-refractivity contribution in [3.63, 3.8) is 0 Å². The normalized spacial score (nSPS) is 22.4. The lowest BCUT2D eigenvalue weighted by molar-refractivity contribution is 0.128. The molecule has 2 aliphatic heterocycles. The third-order valence-electron chi connectivity index (χ3n) is 8.18. The molecule has 3 aromatic rings. The van der Waals surface area contributed by atoms with Crippen molar-refractivity contribution < 1.29 is 36.9 Å². The Morgan fingerprint density at radius 3 is 2.05 bits per heavy atom. The second kappa shape index (κ2) is 10.1. The lowest BCUT2D eigenvalue weighted by Gasteiger charge is -2.36. The van der Waals surface area contributed by atoms with Crippen LogP contribution in [0.15, 0.2) is 60.7 Å². The standard InChI is InChI=1S/C30H29F2NO6S/c1-38-21-9-5-18(6-10-21)33(16-17-3-2-4-17)40(36,37)27-15-26-28(22-11-7-19(34)13-24(22)31)29(30(27)39-26)23-12-8-20(35)14-25(23)32/h5-14,17,26-27,30,34-35H,2-4,15-16H2,1H3. The number of methoxy groups -OCH3 is 1. The number of nitrogens with zero attached hydrogens (tertiary/aromatic N) is 1. The van der Waals surface area contributed by atoms with Crippen LogP contribution in [0, 0.1) is 17.6 Å². The maximum atomic E-state index is 15.3. The second-order valence-electron chi connectivity index (χ2n) is 10.5. The number of halogens is 2. The maximum Gasteiger partial charge on any atom is 0.241 e.